The number of phenolic OH excluding ortho intramolecular Hbond substituents is 1. The molecular weight excluding hydrogens is 200 g/mol. The van der Waals surface area contributed by atoms with Crippen LogP contribution in [-0.2, 0) is 6.42 Å². The van der Waals surface area contributed by atoms with Gasteiger partial charge in [0, 0.05) is 5.56 Å². The number of ether oxygens (including phenoxy) is 1. The van der Waals surface area contributed by atoms with Crippen molar-refractivity contribution >= 4 is 11.4 Å². The fourth-order valence-electron chi connectivity index (χ4n) is 1.43. The maximum absolute atomic E-state index is 10.6. The number of nitrogen functional groups attached to an aromatic ring is 1. The normalized spacial score (nSPS) is 10.0. The summed E-state index contributed by atoms with van der Waals surface area (Å²) in [4.78, 5) is 9.98. The first-order chi connectivity index (χ1) is 7.02. The highest BCUT2D eigenvalue weighted by Crippen LogP contribution is 2.40. The molecule has 0 amide bonds. The van der Waals surface area contributed by atoms with Crippen LogP contribution in [0.3, 0.4) is 0 Å². The molecule has 0 saturated heterocycles. The number of nitrogens with two attached hydrogens (primary N) is 1. The lowest BCUT2D eigenvalue weighted by atomic mass is 10.1. The van der Waals surface area contributed by atoms with Gasteiger partial charge in [-0.1, -0.05) is 6.92 Å². The van der Waals surface area contributed by atoms with Gasteiger partial charge in [-0.2, -0.15) is 0 Å². The van der Waals surface area contributed by atoms with E-state index in [0.717, 1.165) is 6.07 Å². The average molecular weight is 212 g/mol. The summed E-state index contributed by atoms with van der Waals surface area (Å²) in [6.07, 6.45) is 0.449. The third-order valence-electron chi connectivity index (χ3n) is 2.14. The second-order valence-corrected chi connectivity index (χ2v) is 2.95. The summed E-state index contributed by atoms with van der Waals surface area (Å²) in [6.45, 7) is 1.78. The Morgan fingerprint density at radius 1 is 1.67 bits per heavy atom. The molecular formula is C9H12N2O4. The average Bonchev–Trinajstić information content (AvgIpc) is 2.19. The largest absolute Gasteiger partial charge is 0.504 e. The van der Waals surface area contributed by atoms with Crippen molar-refractivity contribution in [1.82, 2.24) is 0 Å². The number of benzene rings is 1. The quantitative estimate of drug-likeness (QED) is 0.342. The molecule has 0 aliphatic carbocycles. The highest BCUT2D eigenvalue weighted by molar-refractivity contribution is 5.71. The molecule has 0 aliphatic heterocycles. The standard InChI is InChI=1S/C9H12N2O4/c1-3-5-8(10)6(11(13)14)4-7(12)9(5)15-2/h4,12H,3,10H2,1-2H3. The maximum atomic E-state index is 10.6. The van der Waals surface area contributed by atoms with Gasteiger partial charge >= 0.3 is 0 Å². The summed E-state index contributed by atoms with van der Waals surface area (Å²) in [5.41, 5.74) is 5.79. The van der Waals surface area contributed by atoms with Crippen molar-refractivity contribution in [3.05, 3.63) is 21.7 Å². The number of anilines is 1. The van der Waals surface area contributed by atoms with Gasteiger partial charge in [0.2, 0.25) is 0 Å². The molecule has 0 atom stereocenters. The minimum absolute atomic E-state index is 0.0390. The van der Waals surface area contributed by atoms with Gasteiger partial charge in [0.1, 0.15) is 5.69 Å². The Labute approximate surface area is 86.4 Å². The van der Waals surface area contributed by atoms with Crippen molar-refractivity contribution in [2.75, 3.05) is 12.8 Å². The number of hydrogen-bond acceptors (Lipinski definition) is 5. The van der Waals surface area contributed by atoms with Crippen LogP contribution in [0.2, 0.25) is 0 Å². The summed E-state index contributed by atoms with van der Waals surface area (Å²) < 4.78 is 4.93. The van der Waals surface area contributed by atoms with E-state index in [9.17, 15) is 15.2 Å². The van der Waals surface area contributed by atoms with E-state index in [1.807, 2.05) is 0 Å². The van der Waals surface area contributed by atoms with Gasteiger partial charge < -0.3 is 15.6 Å². The number of nitro benzene ring substituents is 1. The van der Waals surface area contributed by atoms with Crippen LogP contribution in [0.15, 0.2) is 6.07 Å². The molecule has 6 nitrogen and oxygen atoms in total. The van der Waals surface area contributed by atoms with E-state index in [1.54, 1.807) is 6.92 Å². The molecule has 0 saturated carbocycles. The molecule has 0 spiro atoms. The zero-order chi connectivity index (χ0) is 11.6. The summed E-state index contributed by atoms with van der Waals surface area (Å²) in [5, 5.41) is 20.1. The number of aromatic hydroxyl groups is 1. The van der Waals surface area contributed by atoms with Crippen molar-refractivity contribution < 1.29 is 14.8 Å². The van der Waals surface area contributed by atoms with E-state index < -0.39 is 4.92 Å². The number of hydrogen-bond donors (Lipinski definition) is 2. The topological polar surface area (TPSA) is 98.6 Å². The number of rotatable bonds is 3. The van der Waals surface area contributed by atoms with Crippen LogP contribution in [0.5, 0.6) is 11.5 Å². The minimum Gasteiger partial charge on any atom is -0.504 e. The van der Waals surface area contributed by atoms with E-state index in [1.165, 1.54) is 7.11 Å². The Bertz CT molecular complexity index is 404. The molecule has 82 valence electrons. The third kappa shape index (κ3) is 1.78. The third-order valence-corrected chi connectivity index (χ3v) is 2.14. The van der Waals surface area contributed by atoms with Crippen LogP contribution >= 0.6 is 0 Å². The second-order valence-electron chi connectivity index (χ2n) is 2.95. The Balaban J connectivity index is 3.51. The maximum Gasteiger partial charge on any atom is 0.296 e. The molecule has 1 aromatic rings. The number of methoxy groups -OCH3 is 1. The monoisotopic (exact) mass is 212 g/mol. The second kappa shape index (κ2) is 4.04. The van der Waals surface area contributed by atoms with E-state index in [2.05, 4.69) is 0 Å². The van der Waals surface area contributed by atoms with Crippen molar-refractivity contribution in [3.63, 3.8) is 0 Å². The lowest BCUT2D eigenvalue weighted by Gasteiger charge is -2.11. The number of nitrogens with zero attached hydrogens (tertiary/aromatic N) is 1. The number of nitro groups is 1. The molecule has 1 rings (SSSR count). The molecule has 0 aliphatic rings. The highest BCUT2D eigenvalue weighted by atomic mass is 16.6. The molecule has 3 N–H and O–H groups in total. The Morgan fingerprint density at radius 2 is 2.27 bits per heavy atom. The molecule has 0 fully saturated rings. The smallest absolute Gasteiger partial charge is 0.296 e. The van der Waals surface area contributed by atoms with E-state index in [0.29, 0.717) is 12.0 Å². The van der Waals surface area contributed by atoms with Crippen LogP contribution in [0, 0.1) is 10.1 Å². The lowest BCUT2D eigenvalue weighted by molar-refractivity contribution is -0.384. The zero-order valence-electron chi connectivity index (χ0n) is 8.48. The first-order valence-electron chi connectivity index (χ1n) is 4.35. The molecule has 6 heteroatoms. The van der Waals surface area contributed by atoms with Gasteiger partial charge in [0.25, 0.3) is 5.69 Å². The molecule has 1 aromatic carbocycles. The first-order valence-corrected chi connectivity index (χ1v) is 4.35. The van der Waals surface area contributed by atoms with Gasteiger partial charge in [-0.05, 0) is 6.42 Å². The van der Waals surface area contributed by atoms with Gasteiger partial charge in [0.05, 0.1) is 18.1 Å². The van der Waals surface area contributed by atoms with Gasteiger partial charge in [-0.25, -0.2) is 0 Å². The molecule has 0 heterocycles. The van der Waals surface area contributed by atoms with Gasteiger partial charge in [0.15, 0.2) is 11.5 Å². The molecule has 0 unspecified atom stereocenters. The van der Waals surface area contributed by atoms with Crippen molar-refractivity contribution in [2.24, 2.45) is 0 Å². The number of phenols is 1. The fourth-order valence-corrected chi connectivity index (χ4v) is 1.43. The molecule has 0 aromatic heterocycles. The predicted octanol–water partition coefficient (Wildman–Crippen LogP) is 1.45. The van der Waals surface area contributed by atoms with Crippen LogP contribution in [0.4, 0.5) is 11.4 Å². The summed E-state index contributed by atoms with van der Waals surface area (Å²) in [6, 6.07) is 0.993. The lowest BCUT2D eigenvalue weighted by Crippen LogP contribution is -2.02. The van der Waals surface area contributed by atoms with Crippen LogP contribution in [0.25, 0.3) is 0 Å². The van der Waals surface area contributed by atoms with Crippen LogP contribution in [-0.4, -0.2) is 17.1 Å². The van der Waals surface area contributed by atoms with E-state index >= 15 is 0 Å². The van der Waals surface area contributed by atoms with Crippen LogP contribution < -0.4 is 10.5 Å². The summed E-state index contributed by atoms with van der Waals surface area (Å²) in [7, 11) is 1.37. The van der Waals surface area contributed by atoms with Crippen molar-refractivity contribution in [2.45, 2.75) is 13.3 Å². The van der Waals surface area contributed by atoms with E-state index in [-0.39, 0.29) is 22.9 Å². The minimum atomic E-state index is -0.631. The Kier molecular flexibility index (Phi) is 2.99. The summed E-state index contributed by atoms with van der Waals surface area (Å²) >= 11 is 0. The van der Waals surface area contributed by atoms with Gasteiger partial charge in [-0.3, -0.25) is 10.1 Å². The first kappa shape index (κ1) is 11.1. The molecule has 0 radical (unpaired) electrons. The Morgan fingerprint density at radius 3 is 2.67 bits per heavy atom. The Hall–Kier alpha value is -1.98. The van der Waals surface area contributed by atoms with Crippen LogP contribution in [0.1, 0.15) is 12.5 Å². The predicted molar refractivity (Wildman–Crippen MR) is 55.1 cm³/mol. The molecule has 15 heavy (non-hydrogen) atoms. The van der Waals surface area contributed by atoms with E-state index in [4.69, 9.17) is 10.5 Å². The fraction of sp³-hybridized carbons (Fsp3) is 0.333. The van der Waals surface area contributed by atoms with Gasteiger partial charge in [-0.15, -0.1) is 0 Å². The highest BCUT2D eigenvalue weighted by Gasteiger charge is 2.21. The van der Waals surface area contributed by atoms with Crippen molar-refractivity contribution in [3.8, 4) is 11.5 Å². The summed E-state index contributed by atoms with van der Waals surface area (Å²) in [5.74, 6) is -0.0733. The molecule has 0 bridgehead atoms. The van der Waals surface area contributed by atoms with Crippen molar-refractivity contribution in [1.29, 1.82) is 0 Å². The zero-order valence-corrected chi connectivity index (χ0v) is 8.48. The SMILES string of the molecule is CCc1c(N)c([N+](=O)[O-])cc(O)c1OC.